The zero-order valence-electron chi connectivity index (χ0n) is 11.6. The van der Waals surface area contributed by atoms with Gasteiger partial charge in [0.1, 0.15) is 0 Å². The van der Waals surface area contributed by atoms with Crippen LogP contribution in [0.4, 0.5) is 0 Å². The van der Waals surface area contributed by atoms with Crippen LogP contribution in [0, 0.1) is 0 Å². The molecule has 0 fully saturated rings. The lowest BCUT2D eigenvalue weighted by molar-refractivity contribution is -0.147. The fourth-order valence-corrected chi connectivity index (χ4v) is 2.86. The third kappa shape index (κ3) is 3.72. The minimum Gasteiger partial charge on any atom is -0.467 e. The van der Waals surface area contributed by atoms with E-state index in [4.69, 9.17) is 9.84 Å². The van der Waals surface area contributed by atoms with Crippen LogP contribution in [0.25, 0.3) is 0 Å². The van der Waals surface area contributed by atoms with Crippen LogP contribution >= 0.6 is 11.8 Å². The summed E-state index contributed by atoms with van der Waals surface area (Å²) in [6, 6.07) is 9.49. The van der Waals surface area contributed by atoms with Crippen LogP contribution in [-0.4, -0.2) is 42.8 Å². The number of nitrogens with one attached hydrogen (secondary N) is 1. The average molecular weight is 283 g/mol. The Bertz CT molecular complexity index is 399. The van der Waals surface area contributed by atoms with Crippen LogP contribution in [0.5, 0.6) is 0 Å². The van der Waals surface area contributed by atoms with Crippen LogP contribution < -0.4 is 5.32 Å². The maximum Gasteiger partial charge on any atom is 0.331 e. The Hall–Kier alpha value is -1.04. The van der Waals surface area contributed by atoms with Crippen molar-refractivity contribution >= 4 is 17.7 Å². The van der Waals surface area contributed by atoms with Gasteiger partial charge >= 0.3 is 5.97 Å². The van der Waals surface area contributed by atoms with Crippen molar-refractivity contribution in [2.24, 2.45) is 0 Å². The molecule has 0 heterocycles. The minimum atomic E-state index is -0.885. The van der Waals surface area contributed by atoms with Gasteiger partial charge < -0.3 is 15.2 Å². The molecule has 0 aliphatic carbocycles. The molecule has 1 rings (SSSR count). The largest absolute Gasteiger partial charge is 0.467 e. The van der Waals surface area contributed by atoms with Gasteiger partial charge in [-0.2, -0.15) is 11.8 Å². The number of esters is 1. The Balaban J connectivity index is 3.05. The van der Waals surface area contributed by atoms with Crippen molar-refractivity contribution < 1.29 is 14.6 Å². The van der Waals surface area contributed by atoms with E-state index >= 15 is 0 Å². The minimum absolute atomic E-state index is 0.0705. The summed E-state index contributed by atoms with van der Waals surface area (Å²) < 4.78 is 4.95. The van der Waals surface area contributed by atoms with Gasteiger partial charge in [0.15, 0.2) is 5.54 Å². The number of likely N-dealkylation sites (N-methyl/N-ethyl adjacent to an activating group) is 1. The molecular formula is C14H21NO3S. The highest BCUT2D eigenvalue weighted by Gasteiger charge is 2.40. The third-order valence-electron chi connectivity index (χ3n) is 3.07. The summed E-state index contributed by atoms with van der Waals surface area (Å²) in [5.41, 5.74) is -0.0219. The number of carbonyl (C=O) groups is 1. The van der Waals surface area contributed by atoms with Crippen molar-refractivity contribution in [3.63, 3.8) is 0 Å². The first kappa shape index (κ1) is 16.0. The maximum absolute atomic E-state index is 12.2. The number of hydrogen-bond donors (Lipinski definition) is 2. The Morgan fingerprint density at radius 1 is 1.47 bits per heavy atom. The van der Waals surface area contributed by atoms with Crippen molar-refractivity contribution in [3.05, 3.63) is 35.9 Å². The van der Waals surface area contributed by atoms with Gasteiger partial charge in [-0.25, -0.2) is 4.79 Å². The zero-order chi connectivity index (χ0) is 14.3. The van der Waals surface area contributed by atoms with Crippen LogP contribution in [0.2, 0.25) is 0 Å². The van der Waals surface area contributed by atoms with Crippen molar-refractivity contribution in [3.8, 4) is 0 Å². The van der Waals surface area contributed by atoms with Crippen LogP contribution in [0.3, 0.4) is 0 Å². The monoisotopic (exact) mass is 283 g/mol. The number of rotatable bonds is 7. The van der Waals surface area contributed by atoms with E-state index in [0.717, 1.165) is 5.56 Å². The lowest BCUT2D eigenvalue weighted by atomic mass is 9.92. The second-order valence-corrected chi connectivity index (χ2v) is 5.74. The topological polar surface area (TPSA) is 58.6 Å². The molecule has 0 bridgehead atoms. The molecule has 2 atom stereocenters. The van der Waals surface area contributed by atoms with Gasteiger partial charge in [-0.15, -0.1) is 0 Å². The molecular weight excluding hydrogens is 262 g/mol. The van der Waals surface area contributed by atoms with E-state index in [9.17, 15) is 4.79 Å². The van der Waals surface area contributed by atoms with E-state index < -0.39 is 5.54 Å². The van der Waals surface area contributed by atoms with Crippen LogP contribution in [0.15, 0.2) is 30.3 Å². The summed E-state index contributed by atoms with van der Waals surface area (Å²) in [6.07, 6.45) is 0. The molecule has 0 aliphatic heterocycles. The lowest BCUT2D eigenvalue weighted by Crippen LogP contribution is -2.50. The van der Waals surface area contributed by atoms with Gasteiger partial charge in [-0.3, -0.25) is 0 Å². The average Bonchev–Trinajstić information content (AvgIpc) is 2.48. The summed E-state index contributed by atoms with van der Waals surface area (Å²) in [4.78, 5) is 12.2. The van der Waals surface area contributed by atoms with Gasteiger partial charge in [0.2, 0.25) is 0 Å². The van der Waals surface area contributed by atoms with Gasteiger partial charge in [0, 0.05) is 11.0 Å². The molecule has 1 aromatic carbocycles. The summed E-state index contributed by atoms with van der Waals surface area (Å²) in [5, 5.41) is 12.3. The first-order chi connectivity index (χ1) is 9.10. The first-order valence-corrected chi connectivity index (χ1v) is 7.21. The summed E-state index contributed by atoms with van der Waals surface area (Å²) in [7, 11) is 3.13. The molecule has 0 aromatic heterocycles. The summed E-state index contributed by atoms with van der Waals surface area (Å²) >= 11 is 1.53. The maximum atomic E-state index is 12.2. The van der Waals surface area contributed by atoms with E-state index in [1.807, 2.05) is 37.3 Å². The van der Waals surface area contributed by atoms with Crippen LogP contribution in [-0.2, 0) is 15.1 Å². The number of benzene rings is 1. The van der Waals surface area contributed by atoms with Crippen LogP contribution in [0.1, 0.15) is 12.5 Å². The van der Waals surface area contributed by atoms with E-state index in [2.05, 4.69) is 5.32 Å². The van der Waals surface area contributed by atoms with E-state index in [1.165, 1.54) is 18.9 Å². The number of aliphatic hydroxyl groups is 1. The Morgan fingerprint density at radius 2 is 2.11 bits per heavy atom. The predicted octanol–water partition coefficient (Wildman–Crippen LogP) is 1.39. The van der Waals surface area contributed by atoms with Crippen molar-refractivity contribution in [2.75, 3.05) is 26.5 Å². The summed E-state index contributed by atoms with van der Waals surface area (Å²) in [6.45, 7) is 2.01. The Labute approximate surface area is 118 Å². The molecule has 106 valence electrons. The Kier molecular flexibility index (Phi) is 6.34. The number of aliphatic hydroxyl groups excluding tert-OH is 1. The SMILES string of the molecule is CNC(CSC(C)CO)(C(=O)OC)c1ccccc1. The second-order valence-electron chi connectivity index (χ2n) is 4.32. The number of hydrogen-bond acceptors (Lipinski definition) is 5. The highest BCUT2D eigenvalue weighted by molar-refractivity contribution is 8.00. The van der Waals surface area contributed by atoms with Crippen molar-refractivity contribution in [1.29, 1.82) is 0 Å². The quantitative estimate of drug-likeness (QED) is 0.741. The van der Waals surface area contributed by atoms with Crippen molar-refractivity contribution in [1.82, 2.24) is 5.32 Å². The molecule has 2 N–H and O–H groups in total. The molecule has 0 spiro atoms. The van der Waals surface area contributed by atoms with E-state index in [-0.39, 0.29) is 17.8 Å². The molecule has 0 aliphatic rings. The number of methoxy groups -OCH3 is 1. The number of carbonyl (C=O) groups excluding carboxylic acids is 1. The molecule has 1 aromatic rings. The molecule has 4 nitrogen and oxygen atoms in total. The fraction of sp³-hybridized carbons (Fsp3) is 0.500. The number of ether oxygens (including phenoxy) is 1. The van der Waals surface area contributed by atoms with E-state index in [0.29, 0.717) is 5.75 Å². The number of thioether (sulfide) groups is 1. The molecule has 0 amide bonds. The van der Waals surface area contributed by atoms with Crippen molar-refractivity contribution in [2.45, 2.75) is 17.7 Å². The zero-order valence-corrected chi connectivity index (χ0v) is 12.4. The standard InChI is InChI=1S/C14H21NO3S/c1-11(9-16)19-10-14(15-2,13(17)18-3)12-7-5-4-6-8-12/h4-8,11,15-16H,9-10H2,1-3H3. The molecule has 19 heavy (non-hydrogen) atoms. The lowest BCUT2D eigenvalue weighted by Gasteiger charge is -2.31. The van der Waals surface area contributed by atoms with E-state index in [1.54, 1.807) is 7.05 Å². The third-order valence-corrected chi connectivity index (χ3v) is 4.39. The van der Waals surface area contributed by atoms with Gasteiger partial charge in [0.25, 0.3) is 0 Å². The predicted molar refractivity (Wildman–Crippen MR) is 78.2 cm³/mol. The normalized spacial score (nSPS) is 15.6. The fourth-order valence-electron chi connectivity index (χ4n) is 1.80. The van der Waals surface area contributed by atoms with Gasteiger partial charge in [-0.1, -0.05) is 37.3 Å². The second kappa shape index (κ2) is 7.53. The molecule has 0 saturated heterocycles. The highest BCUT2D eigenvalue weighted by Crippen LogP contribution is 2.28. The Morgan fingerprint density at radius 3 is 2.58 bits per heavy atom. The molecule has 5 heteroatoms. The summed E-state index contributed by atoms with van der Waals surface area (Å²) in [5.74, 6) is 0.181. The first-order valence-electron chi connectivity index (χ1n) is 6.16. The smallest absolute Gasteiger partial charge is 0.331 e. The van der Waals surface area contributed by atoms with Gasteiger partial charge in [0.05, 0.1) is 13.7 Å². The molecule has 0 saturated carbocycles. The molecule has 2 unspecified atom stereocenters. The highest BCUT2D eigenvalue weighted by atomic mass is 32.2. The molecule has 0 radical (unpaired) electrons. The van der Waals surface area contributed by atoms with Gasteiger partial charge in [-0.05, 0) is 12.6 Å².